The minimum Gasteiger partial charge on any atom is -0.314 e. The van der Waals surface area contributed by atoms with E-state index >= 15 is 0 Å². The summed E-state index contributed by atoms with van der Waals surface area (Å²) in [6, 6.07) is 8.22. The largest absolute Gasteiger partial charge is 0.314 e. The second-order valence-corrected chi connectivity index (χ2v) is 6.36. The third kappa shape index (κ3) is 4.52. The van der Waals surface area contributed by atoms with Crippen molar-refractivity contribution < 1.29 is 4.39 Å². The number of nitrogens with one attached hydrogen (secondary N) is 1. The SMILES string of the molecule is CCCNC1CCN(CCc2cccc(F)c2)C(C)C1C. The Hall–Kier alpha value is -0.930. The molecule has 3 heteroatoms. The average molecular weight is 292 g/mol. The van der Waals surface area contributed by atoms with Crippen LogP contribution >= 0.6 is 0 Å². The number of likely N-dealkylation sites (tertiary alicyclic amines) is 1. The number of nitrogens with zero attached hydrogens (tertiary/aromatic N) is 1. The first-order chi connectivity index (χ1) is 10.1. The van der Waals surface area contributed by atoms with Crippen molar-refractivity contribution in [3.05, 3.63) is 35.6 Å². The molecule has 1 N–H and O–H groups in total. The predicted molar refractivity (Wildman–Crippen MR) is 87.0 cm³/mol. The molecule has 118 valence electrons. The Bertz CT molecular complexity index is 435. The zero-order valence-electron chi connectivity index (χ0n) is 13.6. The molecule has 1 aliphatic rings. The lowest BCUT2D eigenvalue weighted by atomic mass is 9.86. The van der Waals surface area contributed by atoms with E-state index in [-0.39, 0.29) is 5.82 Å². The second kappa shape index (κ2) is 7.90. The highest BCUT2D eigenvalue weighted by Gasteiger charge is 2.31. The van der Waals surface area contributed by atoms with Gasteiger partial charge in [0.15, 0.2) is 0 Å². The van der Waals surface area contributed by atoms with Gasteiger partial charge in [0.1, 0.15) is 5.82 Å². The van der Waals surface area contributed by atoms with E-state index in [0.717, 1.165) is 31.6 Å². The van der Waals surface area contributed by atoms with Crippen LogP contribution in [-0.4, -0.2) is 36.6 Å². The summed E-state index contributed by atoms with van der Waals surface area (Å²) in [6.45, 7) is 10.2. The highest BCUT2D eigenvalue weighted by Crippen LogP contribution is 2.24. The van der Waals surface area contributed by atoms with Crippen LogP contribution in [0.1, 0.15) is 39.2 Å². The Labute approximate surface area is 128 Å². The third-order valence-corrected chi connectivity index (χ3v) is 4.93. The smallest absolute Gasteiger partial charge is 0.123 e. The molecular formula is C18H29FN2. The summed E-state index contributed by atoms with van der Waals surface area (Å²) in [5.74, 6) is 0.536. The van der Waals surface area contributed by atoms with Crippen molar-refractivity contribution in [3.8, 4) is 0 Å². The first-order valence-electron chi connectivity index (χ1n) is 8.33. The third-order valence-electron chi connectivity index (χ3n) is 4.93. The molecule has 2 nitrogen and oxygen atoms in total. The summed E-state index contributed by atoms with van der Waals surface area (Å²) in [6.07, 6.45) is 3.34. The molecule has 0 amide bonds. The molecule has 0 spiro atoms. The minimum atomic E-state index is -0.128. The van der Waals surface area contributed by atoms with Crippen LogP contribution in [0.4, 0.5) is 4.39 Å². The number of benzene rings is 1. The van der Waals surface area contributed by atoms with Gasteiger partial charge in [-0.05, 0) is 62.9 Å². The van der Waals surface area contributed by atoms with Crippen molar-refractivity contribution in [1.29, 1.82) is 0 Å². The van der Waals surface area contributed by atoms with E-state index in [1.807, 2.05) is 6.07 Å². The van der Waals surface area contributed by atoms with Crippen LogP contribution in [0.5, 0.6) is 0 Å². The molecule has 0 aromatic heterocycles. The lowest BCUT2D eigenvalue weighted by Gasteiger charge is -2.43. The van der Waals surface area contributed by atoms with Gasteiger partial charge in [-0.3, -0.25) is 4.90 Å². The average Bonchev–Trinajstić information content (AvgIpc) is 2.48. The number of hydrogen-bond donors (Lipinski definition) is 1. The quantitative estimate of drug-likeness (QED) is 0.863. The molecule has 1 aromatic carbocycles. The summed E-state index contributed by atoms with van der Waals surface area (Å²) in [5.41, 5.74) is 1.10. The van der Waals surface area contributed by atoms with Gasteiger partial charge in [0.2, 0.25) is 0 Å². The van der Waals surface area contributed by atoms with E-state index in [0.29, 0.717) is 18.0 Å². The van der Waals surface area contributed by atoms with Crippen molar-refractivity contribution in [2.24, 2.45) is 5.92 Å². The van der Waals surface area contributed by atoms with E-state index in [9.17, 15) is 4.39 Å². The Morgan fingerprint density at radius 1 is 1.33 bits per heavy atom. The molecule has 0 radical (unpaired) electrons. The molecule has 2 rings (SSSR count). The van der Waals surface area contributed by atoms with Gasteiger partial charge < -0.3 is 5.32 Å². The number of halogens is 1. The van der Waals surface area contributed by atoms with Crippen LogP contribution in [0, 0.1) is 11.7 Å². The van der Waals surface area contributed by atoms with E-state index in [2.05, 4.69) is 31.0 Å². The zero-order chi connectivity index (χ0) is 15.2. The monoisotopic (exact) mass is 292 g/mol. The zero-order valence-corrected chi connectivity index (χ0v) is 13.6. The highest BCUT2D eigenvalue weighted by molar-refractivity contribution is 5.16. The van der Waals surface area contributed by atoms with E-state index in [4.69, 9.17) is 0 Å². The molecule has 0 saturated carbocycles. The maximum Gasteiger partial charge on any atom is 0.123 e. The summed E-state index contributed by atoms with van der Waals surface area (Å²) >= 11 is 0. The van der Waals surface area contributed by atoms with Crippen molar-refractivity contribution >= 4 is 0 Å². The Balaban J connectivity index is 1.85. The minimum absolute atomic E-state index is 0.128. The fraction of sp³-hybridized carbons (Fsp3) is 0.667. The molecule has 1 aliphatic heterocycles. The van der Waals surface area contributed by atoms with Gasteiger partial charge in [-0.15, -0.1) is 0 Å². The van der Waals surface area contributed by atoms with Gasteiger partial charge in [-0.25, -0.2) is 4.39 Å². The molecular weight excluding hydrogens is 263 g/mol. The fourth-order valence-corrected chi connectivity index (χ4v) is 3.34. The molecule has 0 bridgehead atoms. The lowest BCUT2D eigenvalue weighted by molar-refractivity contribution is 0.0861. The topological polar surface area (TPSA) is 15.3 Å². The first kappa shape index (κ1) is 16.4. The standard InChI is InChI=1S/C18H29FN2/c1-4-10-20-18-9-12-21(15(3)14(18)2)11-8-16-6-5-7-17(19)13-16/h5-7,13-15,18,20H,4,8-12H2,1-3H3. The summed E-state index contributed by atoms with van der Waals surface area (Å²) in [7, 11) is 0. The van der Waals surface area contributed by atoms with E-state index in [1.165, 1.54) is 18.9 Å². The number of piperidine rings is 1. The van der Waals surface area contributed by atoms with Gasteiger partial charge in [-0.1, -0.05) is 26.0 Å². The van der Waals surface area contributed by atoms with E-state index < -0.39 is 0 Å². The van der Waals surface area contributed by atoms with Gasteiger partial charge in [0, 0.05) is 18.6 Å². The Morgan fingerprint density at radius 2 is 2.14 bits per heavy atom. The maximum atomic E-state index is 13.2. The van der Waals surface area contributed by atoms with Crippen LogP contribution in [0.2, 0.25) is 0 Å². The molecule has 0 aliphatic carbocycles. The molecule has 3 atom stereocenters. The van der Waals surface area contributed by atoms with Gasteiger partial charge in [0.05, 0.1) is 0 Å². The molecule has 1 aromatic rings. The van der Waals surface area contributed by atoms with Gasteiger partial charge >= 0.3 is 0 Å². The van der Waals surface area contributed by atoms with E-state index in [1.54, 1.807) is 12.1 Å². The molecule has 3 unspecified atom stereocenters. The number of rotatable bonds is 6. The molecule has 1 fully saturated rings. The Kier molecular flexibility index (Phi) is 6.19. The van der Waals surface area contributed by atoms with Crippen molar-refractivity contribution in [2.75, 3.05) is 19.6 Å². The predicted octanol–water partition coefficient (Wildman–Crippen LogP) is 3.47. The van der Waals surface area contributed by atoms with Crippen LogP contribution in [0.3, 0.4) is 0 Å². The van der Waals surface area contributed by atoms with Crippen LogP contribution in [-0.2, 0) is 6.42 Å². The molecule has 1 saturated heterocycles. The summed E-state index contributed by atoms with van der Waals surface area (Å²) in [4.78, 5) is 2.56. The molecule has 1 heterocycles. The number of hydrogen-bond acceptors (Lipinski definition) is 2. The normalized spacial score (nSPS) is 27.0. The highest BCUT2D eigenvalue weighted by atomic mass is 19.1. The maximum absolute atomic E-state index is 13.2. The first-order valence-corrected chi connectivity index (χ1v) is 8.33. The van der Waals surface area contributed by atoms with Crippen LogP contribution < -0.4 is 5.32 Å². The van der Waals surface area contributed by atoms with Crippen molar-refractivity contribution in [2.45, 2.75) is 52.1 Å². The van der Waals surface area contributed by atoms with Gasteiger partial charge in [-0.2, -0.15) is 0 Å². The van der Waals surface area contributed by atoms with Crippen LogP contribution in [0.25, 0.3) is 0 Å². The summed E-state index contributed by atoms with van der Waals surface area (Å²) < 4.78 is 13.2. The van der Waals surface area contributed by atoms with Gasteiger partial charge in [0.25, 0.3) is 0 Å². The summed E-state index contributed by atoms with van der Waals surface area (Å²) in [5, 5.41) is 3.68. The lowest BCUT2D eigenvalue weighted by Crippen LogP contribution is -2.53. The van der Waals surface area contributed by atoms with Crippen molar-refractivity contribution in [1.82, 2.24) is 10.2 Å². The Morgan fingerprint density at radius 3 is 2.86 bits per heavy atom. The van der Waals surface area contributed by atoms with Crippen LogP contribution in [0.15, 0.2) is 24.3 Å². The second-order valence-electron chi connectivity index (χ2n) is 6.36. The molecule has 21 heavy (non-hydrogen) atoms. The van der Waals surface area contributed by atoms with Crippen molar-refractivity contribution in [3.63, 3.8) is 0 Å². The fourth-order valence-electron chi connectivity index (χ4n) is 3.34.